The topological polar surface area (TPSA) is 38.0 Å². The molecule has 0 heterocycles. The van der Waals surface area contributed by atoms with Crippen LogP contribution in [0.25, 0.3) is 0 Å². The van der Waals surface area contributed by atoms with Gasteiger partial charge in [0.15, 0.2) is 0 Å². The van der Waals surface area contributed by atoms with Crippen molar-refractivity contribution in [3.63, 3.8) is 0 Å². The Morgan fingerprint density at radius 2 is 1.71 bits per heavy atom. The Labute approximate surface area is 102 Å². The van der Waals surface area contributed by atoms with E-state index in [0.717, 1.165) is 16.9 Å². The fourth-order valence-corrected chi connectivity index (χ4v) is 1.87. The Bertz CT molecular complexity index is 492. The smallest absolute Gasteiger partial charge is 0.0485 e. The predicted molar refractivity (Wildman–Crippen MR) is 74.1 cm³/mol. The van der Waals surface area contributed by atoms with Gasteiger partial charge in [-0.25, -0.2) is 0 Å². The minimum absolute atomic E-state index is 0.275. The molecule has 88 valence electrons. The highest BCUT2D eigenvalue weighted by molar-refractivity contribution is 5.63. The van der Waals surface area contributed by atoms with Crippen LogP contribution in [0.15, 0.2) is 48.5 Å². The summed E-state index contributed by atoms with van der Waals surface area (Å²) in [4.78, 5) is 0. The molecule has 0 radical (unpaired) electrons. The fourth-order valence-electron chi connectivity index (χ4n) is 1.87. The summed E-state index contributed by atoms with van der Waals surface area (Å²) in [6, 6.07) is 16.6. The Hall–Kier alpha value is -1.96. The van der Waals surface area contributed by atoms with Crippen LogP contribution >= 0.6 is 0 Å². The first-order valence-corrected chi connectivity index (χ1v) is 5.85. The number of benzene rings is 2. The normalized spacial score (nSPS) is 12.1. The third-order valence-corrected chi connectivity index (χ3v) is 3.05. The average Bonchev–Trinajstić information content (AvgIpc) is 2.36. The highest BCUT2D eigenvalue weighted by atomic mass is 14.9. The summed E-state index contributed by atoms with van der Waals surface area (Å²) in [7, 11) is 0. The lowest BCUT2D eigenvalue weighted by molar-refractivity contribution is 0.883. The molecule has 0 saturated heterocycles. The molecule has 0 bridgehead atoms. The van der Waals surface area contributed by atoms with Gasteiger partial charge in [0.05, 0.1) is 0 Å². The van der Waals surface area contributed by atoms with Gasteiger partial charge < -0.3 is 11.1 Å². The number of nitrogens with one attached hydrogen (secondary N) is 1. The third kappa shape index (κ3) is 2.59. The summed E-state index contributed by atoms with van der Waals surface area (Å²) in [5.74, 6) is 0. The van der Waals surface area contributed by atoms with Crippen LogP contribution in [-0.2, 0) is 0 Å². The zero-order chi connectivity index (χ0) is 12.3. The Morgan fingerprint density at radius 3 is 2.41 bits per heavy atom. The van der Waals surface area contributed by atoms with Crippen molar-refractivity contribution in [2.75, 3.05) is 11.1 Å². The number of rotatable bonds is 3. The van der Waals surface area contributed by atoms with Crippen LogP contribution in [-0.4, -0.2) is 0 Å². The van der Waals surface area contributed by atoms with Gasteiger partial charge in [-0.1, -0.05) is 36.4 Å². The first kappa shape index (κ1) is 11.5. The predicted octanol–water partition coefficient (Wildman–Crippen LogP) is 3.75. The van der Waals surface area contributed by atoms with Crippen molar-refractivity contribution in [2.45, 2.75) is 19.9 Å². The molecule has 0 spiro atoms. The quantitative estimate of drug-likeness (QED) is 0.782. The van der Waals surface area contributed by atoms with E-state index < -0.39 is 0 Å². The highest BCUT2D eigenvalue weighted by Crippen LogP contribution is 2.25. The summed E-state index contributed by atoms with van der Waals surface area (Å²) in [5.41, 5.74) is 10.2. The van der Waals surface area contributed by atoms with E-state index in [9.17, 15) is 0 Å². The van der Waals surface area contributed by atoms with Crippen molar-refractivity contribution in [1.29, 1.82) is 0 Å². The van der Waals surface area contributed by atoms with Crippen molar-refractivity contribution in [3.05, 3.63) is 59.7 Å². The van der Waals surface area contributed by atoms with Crippen molar-refractivity contribution >= 4 is 11.4 Å². The van der Waals surface area contributed by atoms with Gasteiger partial charge in [-0.2, -0.15) is 0 Å². The van der Waals surface area contributed by atoms with Crippen LogP contribution in [0.1, 0.15) is 24.1 Å². The van der Waals surface area contributed by atoms with Crippen LogP contribution in [0.4, 0.5) is 11.4 Å². The van der Waals surface area contributed by atoms with Gasteiger partial charge >= 0.3 is 0 Å². The number of nitrogens with two attached hydrogens (primary N) is 1. The molecule has 0 aliphatic rings. The largest absolute Gasteiger partial charge is 0.398 e. The van der Waals surface area contributed by atoms with E-state index in [1.54, 1.807) is 0 Å². The van der Waals surface area contributed by atoms with Gasteiger partial charge in [0.2, 0.25) is 0 Å². The van der Waals surface area contributed by atoms with Crippen molar-refractivity contribution in [2.24, 2.45) is 0 Å². The monoisotopic (exact) mass is 226 g/mol. The molecule has 2 rings (SSSR count). The van der Waals surface area contributed by atoms with E-state index >= 15 is 0 Å². The molecule has 0 aliphatic heterocycles. The molecule has 0 aromatic heterocycles. The zero-order valence-electron chi connectivity index (χ0n) is 10.3. The van der Waals surface area contributed by atoms with Crippen LogP contribution in [0.2, 0.25) is 0 Å². The minimum Gasteiger partial charge on any atom is -0.398 e. The SMILES string of the molecule is Cc1c(N)cccc1NC(C)c1ccccc1. The third-order valence-electron chi connectivity index (χ3n) is 3.05. The lowest BCUT2D eigenvalue weighted by Gasteiger charge is -2.18. The first-order chi connectivity index (χ1) is 8.18. The summed E-state index contributed by atoms with van der Waals surface area (Å²) in [5, 5.41) is 3.49. The maximum Gasteiger partial charge on any atom is 0.0485 e. The second-order valence-electron chi connectivity index (χ2n) is 4.30. The van der Waals surface area contributed by atoms with Crippen LogP contribution < -0.4 is 11.1 Å². The average molecular weight is 226 g/mol. The molecule has 2 heteroatoms. The molecule has 0 fully saturated rings. The minimum atomic E-state index is 0.275. The van der Waals surface area contributed by atoms with Gasteiger partial charge in [-0.15, -0.1) is 0 Å². The fraction of sp³-hybridized carbons (Fsp3) is 0.200. The van der Waals surface area contributed by atoms with Crippen molar-refractivity contribution in [1.82, 2.24) is 0 Å². The molecule has 3 N–H and O–H groups in total. The van der Waals surface area contributed by atoms with Gasteiger partial charge in [0.25, 0.3) is 0 Å². The first-order valence-electron chi connectivity index (χ1n) is 5.85. The lowest BCUT2D eigenvalue weighted by Crippen LogP contribution is -2.08. The Kier molecular flexibility index (Phi) is 3.33. The zero-order valence-corrected chi connectivity index (χ0v) is 10.3. The van der Waals surface area contributed by atoms with Gasteiger partial charge in [0, 0.05) is 17.4 Å². The molecular weight excluding hydrogens is 208 g/mol. The van der Waals surface area contributed by atoms with Gasteiger partial charge in [-0.3, -0.25) is 0 Å². The second kappa shape index (κ2) is 4.91. The summed E-state index contributed by atoms with van der Waals surface area (Å²) in [6.45, 7) is 4.19. The molecule has 2 aromatic carbocycles. The summed E-state index contributed by atoms with van der Waals surface area (Å²) < 4.78 is 0. The van der Waals surface area contributed by atoms with Crippen LogP contribution in [0, 0.1) is 6.92 Å². The van der Waals surface area contributed by atoms with E-state index in [1.807, 2.05) is 25.1 Å². The Balaban J connectivity index is 2.19. The number of hydrogen-bond acceptors (Lipinski definition) is 2. The summed E-state index contributed by atoms with van der Waals surface area (Å²) >= 11 is 0. The standard InChI is InChI=1S/C15H18N2/c1-11-14(16)9-6-10-15(11)17-12(2)13-7-4-3-5-8-13/h3-10,12,17H,16H2,1-2H3. The molecule has 2 nitrogen and oxygen atoms in total. The molecule has 1 atom stereocenters. The maximum atomic E-state index is 5.90. The van der Waals surface area contributed by atoms with E-state index in [-0.39, 0.29) is 6.04 Å². The maximum absolute atomic E-state index is 5.90. The Morgan fingerprint density at radius 1 is 1.00 bits per heavy atom. The number of hydrogen-bond donors (Lipinski definition) is 2. The molecule has 0 aliphatic carbocycles. The molecule has 17 heavy (non-hydrogen) atoms. The summed E-state index contributed by atoms with van der Waals surface area (Å²) in [6.07, 6.45) is 0. The molecule has 0 amide bonds. The molecule has 1 unspecified atom stereocenters. The van der Waals surface area contributed by atoms with Crippen LogP contribution in [0.3, 0.4) is 0 Å². The highest BCUT2D eigenvalue weighted by Gasteiger charge is 2.07. The van der Waals surface area contributed by atoms with Crippen molar-refractivity contribution < 1.29 is 0 Å². The van der Waals surface area contributed by atoms with E-state index in [2.05, 4.69) is 42.6 Å². The molecule has 2 aromatic rings. The van der Waals surface area contributed by atoms with E-state index in [1.165, 1.54) is 5.56 Å². The van der Waals surface area contributed by atoms with E-state index in [4.69, 9.17) is 5.73 Å². The number of nitrogen functional groups attached to an aromatic ring is 1. The molecular formula is C15H18N2. The van der Waals surface area contributed by atoms with Gasteiger partial charge in [-0.05, 0) is 37.1 Å². The van der Waals surface area contributed by atoms with Crippen LogP contribution in [0.5, 0.6) is 0 Å². The van der Waals surface area contributed by atoms with Crippen molar-refractivity contribution in [3.8, 4) is 0 Å². The van der Waals surface area contributed by atoms with E-state index in [0.29, 0.717) is 0 Å². The second-order valence-corrected chi connectivity index (χ2v) is 4.30. The molecule has 0 saturated carbocycles. The van der Waals surface area contributed by atoms with Gasteiger partial charge in [0.1, 0.15) is 0 Å². The number of anilines is 2. The lowest BCUT2D eigenvalue weighted by atomic mass is 10.1.